The van der Waals surface area contributed by atoms with Crippen LogP contribution in [0.1, 0.15) is 28.4 Å². The molecule has 0 spiro atoms. The highest BCUT2D eigenvalue weighted by molar-refractivity contribution is 6.05. The SMILES string of the molecule is CC(=O)Nc1ccc(C(=O)Nc2ccc3c(c2)Cc2ccccc2-3)cc1. The third-order valence-corrected chi connectivity index (χ3v) is 4.52. The zero-order valence-corrected chi connectivity index (χ0v) is 14.4. The van der Waals surface area contributed by atoms with E-state index in [1.54, 1.807) is 24.3 Å². The predicted molar refractivity (Wildman–Crippen MR) is 103 cm³/mol. The third-order valence-electron chi connectivity index (χ3n) is 4.52. The summed E-state index contributed by atoms with van der Waals surface area (Å²) in [6.45, 7) is 1.45. The van der Waals surface area contributed by atoms with Gasteiger partial charge in [-0.15, -0.1) is 0 Å². The summed E-state index contributed by atoms with van der Waals surface area (Å²) in [5.74, 6) is -0.309. The number of fused-ring (bicyclic) bond motifs is 3. The summed E-state index contributed by atoms with van der Waals surface area (Å²) in [5.41, 5.74) is 7.05. The van der Waals surface area contributed by atoms with Crippen molar-refractivity contribution in [2.75, 3.05) is 10.6 Å². The maximum atomic E-state index is 12.5. The lowest BCUT2D eigenvalue weighted by molar-refractivity contribution is -0.114. The van der Waals surface area contributed by atoms with Crippen LogP contribution >= 0.6 is 0 Å². The highest BCUT2D eigenvalue weighted by atomic mass is 16.2. The van der Waals surface area contributed by atoms with Gasteiger partial charge in [-0.2, -0.15) is 0 Å². The van der Waals surface area contributed by atoms with E-state index in [1.807, 2.05) is 18.2 Å². The van der Waals surface area contributed by atoms with E-state index in [4.69, 9.17) is 0 Å². The molecule has 1 aliphatic rings. The van der Waals surface area contributed by atoms with Gasteiger partial charge < -0.3 is 10.6 Å². The van der Waals surface area contributed by atoms with E-state index in [0.29, 0.717) is 11.3 Å². The standard InChI is InChI=1S/C22H18N2O2/c1-14(25)23-18-8-6-15(7-9-18)22(26)24-19-10-11-21-17(13-19)12-16-4-2-3-5-20(16)21/h2-11,13H,12H2,1H3,(H,23,25)(H,24,26). The number of carbonyl (C=O) groups excluding carboxylic acids is 2. The average Bonchev–Trinajstić information content (AvgIpc) is 2.99. The van der Waals surface area contributed by atoms with Crippen LogP contribution < -0.4 is 10.6 Å². The monoisotopic (exact) mass is 342 g/mol. The maximum absolute atomic E-state index is 12.5. The molecule has 26 heavy (non-hydrogen) atoms. The Kier molecular flexibility index (Phi) is 4.01. The number of rotatable bonds is 3. The highest BCUT2D eigenvalue weighted by Crippen LogP contribution is 2.37. The Morgan fingerprint density at radius 2 is 1.46 bits per heavy atom. The first kappa shape index (κ1) is 16.1. The van der Waals surface area contributed by atoms with Gasteiger partial charge in [0.25, 0.3) is 5.91 Å². The van der Waals surface area contributed by atoms with Crippen molar-refractivity contribution in [1.82, 2.24) is 0 Å². The van der Waals surface area contributed by atoms with Crippen molar-refractivity contribution >= 4 is 23.2 Å². The molecule has 0 saturated carbocycles. The fourth-order valence-corrected chi connectivity index (χ4v) is 3.33. The number of hydrogen-bond acceptors (Lipinski definition) is 2. The quantitative estimate of drug-likeness (QED) is 0.577. The molecule has 0 atom stereocenters. The lowest BCUT2D eigenvalue weighted by Crippen LogP contribution is -2.12. The number of hydrogen-bond donors (Lipinski definition) is 2. The molecule has 4 rings (SSSR count). The van der Waals surface area contributed by atoms with Gasteiger partial charge in [0.2, 0.25) is 5.91 Å². The van der Waals surface area contributed by atoms with Crippen LogP contribution in [0.4, 0.5) is 11.4 Å². The molecule has 2 amide bonds. The molecule has 0 unspecified atom stereocenters. The minimum absolute atomic E-state index is 0.138. The number of amides is 2. The van der Waals surface area contributed by atoms with E-state index in [0.717, 1.165) is 12.1 Å². The molecule has 128 valence electrons. The molecule has 0 radical (unpaired) electrons. The van der Waals surface area contributed by atoms with E-state index in [9.17, 15) is 9.59 Å². The van der Waals surface area contributed by atoms with Gasteiger partial charge >= 0.3 is 0 Å². The first-order chi connectivity index (χ1) is 12.6. The maximum Gasteiger partial charge on any atom is 0.255 e. The summed E-state index contributed by atoms with van der Waals surface area (Å²) >= 11 is 0. The van der Waals surface area contributed by atoms with E-state index < -0.39 is 0 Å². The lowest BCUT2D eigenvalue weighted by Gasteiger charge is -2.09. The molecule has 0 aliphatic heterocycles. The zero-order valence-electron chi connectivity index (χ0n) is 14.4. The Labute approximate surface area is 151 Å². The van der Waals surface area contributed by atoms with Gasteiger partial charge in [-0.1, -0.05) is 30.3 Å². The number of carbonyl (C=O) groups is 2. The molecule has 3 aromatic rings. The van der Waals surface area contributed by atoms with Gasteiger partial charge in [-0.25, -0.2) is 0 Å². The minimum Gasteiger partial charge on any atom is -0.326 e. The Morgan fingerprint density at radius 3 is 2.23 bits per heavy atom. The predicted octanol–water partition coefficient (Wildman–Crippen LogP) is 4.47. The molecule has 4 heteroatoms. The molecule has 2 N–H and O–H groups in total. The minimum atomic E-state index is -0.171. The second-order valence-corrected chi connectivity index (χ2v) is 6.42. The van der Waals surface area contributed by atoms with E-state index in [-0.39, 0.29) is 11.8 Å². The fourth-order valence-electron chi connectivity index (χ4n) is 3.33. The molecule has 0 fully saturated rings. The van der Waals surface area contributed by atoms with Crippen molar-refractivity contribution in [3.8, 4) is 11.1 Å². The first-order valence-electron chi connectivity index (χ1n) is 8.50. The largest absolute Gasteiger partial charge is 0.326 e. The smallest absolute Gasteiger partial charge is 0.255 e. The summed E-state index contributed by atoms with van der Waals surface area (Å²) in [7, 11) is 0. The summed E-state index contributed by atoms with van der Waals surface area (Å²) < 4.78 is 0. The van der Waals surface area contributed by atoms with E-state index >= 15 is 0 Å². The van der Waals surface area contributed by atoms with Crippen LogP contribution in [0, 0.1) is 0 Å². The van der Waals surface area contributed by atoms with Crippen molar-refractivity contribution in [2.45, 2.75) is 13.3 Å². The molecule has 4 nitrogen and oxygen atoms in total. The Bertz CT molecular complexity index is 1010. The molecule has 0 saturated heterocycles. The zero-order chi connectivity index (χ0) is 18.1. The molecule has 0 aromatic heterocycles. The molecular formula is C22H18N2O2. The molecule has 3 aromatic carbocycles. The van der Waals surface area contributed by atoms with Crippen LogP contribution in [-0.2, 0) is 11.2 Å². The van der Waals surface area contributed by atoms with Gasteiger partial charge in [0.05, 0.1) is 0 Å². The normalized spacial score (nSPS) is 11.4. The fraction of sp³-hybridized carbons (Fsp3) is 0.0909. The molecular weight excluding hydrogens is 324 g/mol. The van der Waals surface area contributed by atoms with Crippen molar-refractivity contribution in [1.29, 1.82) is 0 Å². The number of benzene rings is 3. The highest BCUT2D eigenvalue weighted by Gasteiger charge is 2.18. The second kappa shape index (κ2) is 6.48. The van der Waals surface area contributed by atoms with E-state index in [1.165, 1.54) is 29.2 Å². The molecule has 0 heterocycles. The van der Waals surface area contributed by atoms with Crippen LogP contribution in [0.25, 0.3) is 11.1 Å². The Balaban J connectivity index is 1.50. The van der Waals surface area contributed by atoms with Gasteiger partial charge in [0.1, 0.15) is 0 Å². The number of anilines is 2. The summed E-state index contributed by atoms with van der Waals surface area (Å²) in [6, 6.07) is 21.3. The van der Waals surface area contributed by atoms with Crippen LogP contribution in [-0.4, -0.2) is 11.8 Å². The van der Waals surface area contributed by atoms with Crippen molar-refractivity contribution < 1.29 is 9.59 Å². The summed E-state index contributed by atoms with van der Waals surface area (Å²) in [5, 5.41) is 5.64. The van der Waals surface area contributed by atoms with Crippen LogP contribution in [0.5, 0.6) is 0 Å². The third kappa shape index (κ3) is 3.09. The summed E-state index contributed by atoms with van der Waals surface area (Å²) in [4.78, 5) is 23.5. The first-order valence-corrected chi connectivity index (χ1v) is 8.50. The average molecular weight is 342 g/mol. The summed E-state index contributed by atoms with van der Waals surface area (Å²) in [6.07, 6.45) is 0.890. The van der Waals surface area contributed by atoms with Crippen molar-refractivity contribution in [3.63, 3.8) is 0 Å². The second-order valence-electron chi connectivity index (χ2n) is 6.42. The van der Waals surface area contributed by atoms with Crippen molar-refractivity contribution in [3.05, 3.63) is 83.4 Å². The van der Waals surface area contributed by atoms with Crippen LogP contribution in [0.2, 0.25) is 0 Å². The lowest BCUT2D eigenvalue weighted by atomic mass is 10.1. The van der Waals surface area contributed by atoms with Crippen molar-refractivity contribution in [2.24, 2.45) is 0 Å². The number of nitrogens with one attached hydrogen (secondary N) is 2. The molecule has 1 aliphatic carbocycles. The Hall–Kier alpha value is -3.40. The molecule has 0 bridgehead atoms. The Morgan fingerprint density at radius 1 is 0.769 bits per heavy atom. The van der Waals surface area contributed by atoms with Gasteiger partial charge in [0.15, 0.2) is 0 Å². The van der Waals surface area contributed by atoms with E-state index in [2.05, 4.69) is 34.9 Å². The van der Waals surface area contributed by atoms with Gasteiger partial charge in [-0.3, -0.25) is 9.59 Å². The van der Waals surface area contributed by atoms with Crippen LogP contribution in [0.3, 0.4) is 0 Å². The van der Waals surface area contributed by atoms with Gasteiger partial charge in [0, 0.05) is 23.9 Å². The van der Waals surface area contributed by atoms with Gasteiger partial charge in [-0.05, 0) is 65.1 Å². The van der Waals surface area contributed by atoms with Crippen LogP contribution in [0.15, 0.2) is 66.7 Å². The topological polar surface area (TPSA) is 58.2 Å².